The summed E-state index contributed by atoms with van der Waals surface area (Å²) in [6, 6.07) is 7.43. The van der Waals surface area contributed by atoms with Crippen molar-refractivity contribution in [3.05, 3.63) is 28.2 Å². The summed E-state index contributed by atoms with van der Waals surface area (Å²) in [5.74, 6) is -0.230. The summed E-state index contributed by atoms with van der Waals surface area (Å²) >= 11 is 3.44. The van der Waals surface area contributed by atoms with E-state index < -0.39 is 5.97 Å². The van der Waals surface area contributed by atoms with Gasteiger partial charge in [-0.1, -0.05) is 0 Å². The molecule has 2 N–H and O–H groups in total. The first-order valence-electron chi connectivity index (χ1n) is 6.79. The third-order valence-corrected chi connectivity index (χ3v) is 5.28. The van der Waals surface area contributed by atoms with Crippen molar-refractivity contribution < 1.29 is 9.90 Å². The highest BCUT2D eigenvalue weighted by atomic mass is 79.9. The molecule has 0 saturated heterocycles. The Labute approximate surface area is 125 Å². The van der Waals surface area contributed by atoms with Gasteiger partial charge in [0, 0.05) is 16.2 Å². The number of nitrogens with zero attached hydrogens (tertiary/aromatic N) is 1. The Morgan fingerprint density at radius 2 is 2.15 bits per heavy atom. The van der Waals surface area contributed by atoms with Crippen LogP contribution in [0.3, 0.4) is 0 Å². The monoisotopic (exact) mass is 334 g/mol. The zero-order valence-corrected chi connectivity index (χ0v) is 12.4. The molecule has 20 heavy (non-hydrogen) atoms. The Hall–Kier alpha value is -1.54. The van der Waals surface area contributed by atoms with Gasteiger partial charge in [-0.3, -0.25) is 4.79 Å². The molecular formula is C15H15BrN2O2. The molecule has 0 aliphatic heterocycles. The van der Waals surface area contributed by atoms with Crippen molar-refractivity contribution in [2.24, 2.45) is 17.8 Å². The highest BCUT2D eigenvalue weighted by Gasteiger charge is 2.51. The molecule has 3 rings (SSSR count). The van der Waals surface area contributed by atoms with Crippen molar-refractivity contribution in [3.8, 4) is 6.07 Å². The zero-order chi connectivity index (χ0) is 14.3. The van der Waals surface area contributed by atoms with Crippen LogP contribution in [0.25, 0.3) is 0 Å². The maximum atomic E-state index is 11.5. The van der Waals surface area contributed by atoms with Gasteiger partial charge >= 0.3 is 5.97 Å². The molecule has 4 unspecified atom stereocenters. The number of hydrogen-bond acceptors (Lipinski definition) is 3. The minimum atomic E-state index is -0.695. The van der Waals surface area contributed by atoms with Crippen LogP contribution in [0.15, 0.2) is 22.7 Å². The van der Waals surface area contributed by atoms with Gasteiger partial charge in [-0.25, -0.2) is 0 Å². The number of nitrogens with one attached hydrogen (secondary N) is 1. The standard InChI is InChI=1S/C15H15BrN2O2/c16-11-5-8(7-17)1-4-12(11)18-14-10-3-2-9(6-10)13(14)15(19)20/h1,4-5,9-10,13-14,18H,2-3,6H2,(H,19,20). The van der Waals surface area contributed by atoms with Crippen LogP contribution in [-0.2, 0) is 4.79 Å². The van der Waals surface area contributed by atoms with Gasteiger partial charge in [0.05, 0.1) is 17.6 Å². The maximum absolute atomic E-state index is 11.5. The lowest BCUT2D eigenvalue weighted by atomic mass is 9.84. The Bertz CT molecular complexity index is 596. The molecule has 0 spiro atoms. The lowest BCUT2D eigenvalue weighted by Gasteiger charge is -2.30. The van der Waals surface area contributed by atoms with Gasteiger partial charge in [0.1, 0.15) is 0 Å². The first-order chi connectivity index (χ1) is 9.60. The molecule has 2 aliphatic rings. The summed E-state index contributed by atoms with van der Waals surface area (Å²) in [4.78, 5) is 11.5. The van der Waals surface area contributed by atoms with Crippen molar-refractivity contribution in [1.29, 1.82) is 5.26 Å². The fraction of sp³-hybridized carbons (Fsp3) is 0.467. The molecule has 5 heteroatoms. The molecule has 1 aromatic carbocycles. The lowest BCUT2D eigenvalue weighted by molar-refractivity contribution is -0.143. The van der Waals surface area contributed by atoms with Crippen molar-refractivity contribution in [2.45, 2.75) is 25.3 Å². The maximum Gasteiger partial charge on any atom is 0.308 e. The predicted molar refractivity (Wildman–Crippen MR) is 78.2 cm³/mol. The predicted octanol–water partition coefficient (Wildman–Crippen LogP) is 3.23. The van der Waals surface area contributed by atoms with E-state index in [-0.39, 0.29) is 12.0 Å². The van der Waals surface area contributed by atoms with Crippen molar-refractivity contribution in [3.63, 3.8) is 0 Å². The lowest BCUT2D eigenvalue weighted by Crippen LogP contribution is -2.39. The number of benzene rings is 1. The molecule has 104 valence electrons. The van der Waals surface area contributed by atoms with Crippen molar-refractivity contribution in [1.82, 2.24) is 0 Å². The number of carboxylic acids is 1. The molecule has 0 amide bonds. The van der Waals surface area contributed by atoms with Crippen LogP contribution >= 0.6 is 15.9 Å². The van der Waals surface area contributed by atoms with E-state index in [1.54, 1.807) is 12.1 Å². The van der Waals surface area contributed by atoms with Gasteiger partial charge in [0.25, 0.3) is 0 Å². The second kappa shape index (κ2) is 5.10. The summed E-state index contributed by atoms with van der Waals surface area (Å²) in [5.41, 5.74) is 1.46. The smallest absolute Gasteiger partial charge is 0.308 e. The second-order valence-electron chi connectivity index (χ2n) is 5.67. The van der Waals surface area contributed by atoms with E-state index in [4.69, 9.17) is 5.26 Å². The van der Waals surface area contributed by atoms with Gasteiger partial charge < -0.3 is 10.4 Å². The van der Waals surface area contributed by atoms with Gasteiger partial charge in [0.2, 0.25) is 0 Å². The molecule has 4 nitrogen and oxygen atoms in total. The summed E-state index contributed by atoms with van der Waals surface area (Å²) in [6.07, 6.45) is 3.16. The summed E-state index contributed by atoms with van der Waals surface area (Å²) in [7, 11) is 0. The number of nitriles is 1. The largest absolute Gasteiger partial charge is 0.481 e. The summed E-state index contributed by atoms with van der Waals surface area (Å²) in [6.45, 7) is 0. The first-order valence-corrected chi connectivity index (χ1v) is 7.58. The van der Waals surface area contributed by atoms with Crippen LogP contribution in [0.2, 0.25) is 0 Å². The molecular weight excluding hydrogens is 320 g/mol. The van der Waals surface area contributed by atoms with Crippen LogP contribution in [0.1, 0.15) is 24.8 Å². The molecule has 4 atom stereocenters. The molecule has 0 heterocycles. The quantitative estimate of drug-likeness (QED) is 0.889. The van der Waals surface area contributed by atoms with Crippen LogP contribution in [-0.4, -0.2) is 17.1 Å². The molecule has 0 radical (unpaired) electrons. The van der Waals surface area contributed by atoms with E-state index in [0.717, 1.165) is 29.4 Å². The van der Waals surface area contributed by atoms with Crippen molar-refractivity contribution in [2.75, 3.05) is 5.32 Å². The fourth-order valence-electron chi connectivity index (χ4n) is 3.74. The summed E-state index contributed by atoms with van der Waals surface area (Å²) < 4.78 is 0.809. The van der Waals surface area contributed by atoms with E-state index in [0.29, 0.717) is 17.4 Å². The minimum absolute atomic E-state index is 0.00418. The normalized spacial score (nSPS) is 31.0. The summed E-state index contributed by atoms with van der Waals surface area (Å²) in [5, 5.41) is 21.7. The Morgan fingerprint density at radius 1 is 1.40 bits per heavy atom. The fourth-order valence-corrected chi connectivity index (χ4v) is 4.23. The van der Waals surface area contributed by atoms with E-state index >= 15 is 0 Å². The Balaban J connectivity index is 1.84. The number of aliphatic carboxylic acids is 1. The van der Waals surface area contributed by atoms with E-state index in [1.807, 2.05) is 6.07 Å². The molecule has 2 saturated carbocycles. The molecule has 2 fully saturated rings. The number of carbonyl (C=O) groups is 1. The number of carboxylic acid groups (broad SMARTS) is 1. The number of anilines is 1. The molecule has 2 aliphatic carbocycles. The van der Waals surface area contributed by atoms with Crippen LogP contribution in [0.5, 0.6) is 0 Å². The highest BCUT2D eigenvalue weighted by molar-refractivity contribution is 9.10. The average Bonchev–Trinajstić information content (AvgIpc) is 3.01. The van der Waals surface area contributed by atoms with Crippen molar-refractivity contribution >= 4 is 27.6 Å². The van der Waals surface area contributed by atoms with Gasteiger partial charge in [-0.15, -0.1) is 0 Å². The zero-order valence-electron chi connectivity index (χ0n) is 10.8. The molecule has 2 bridgehead atoms. The van der Waals surface area contributed by atoms with E-state index in [9.17, 15) is 9.90 Å². The highest BCUT2D eigenvalue weighted by Crippen LogP contribution is 2.49. The molecule has 0 aromatic heterocycles. The Kier molecular flexibility index (Phi) is 3.43. The van der Waals surface area contributed by atoms with Gasteiger partial charge in [0.15, 0.2) is 0 Å². The average molecular weight is 335 g/mol. The van der Waals surface area contributed by atoms with Crippen LogP contribution in [0.4, 0.5) is 5.69 Å². The molecule has 1 aromatic rings. The van der Waals surface area contributed by atoms with E-state index in [2.05, 4.69) is 27.3 Å². The first kappa shape index (κ1) is 13.4. The number of fused-ring (bicyclic) bond motifs is 2. The number of hydrogen-bond donors (Lipinski definition) is 2. The minimum Gasteiger partial charge on any atom is -0.481 e. The number of halogens is 1. The third-order valence-electron chi connectivity index (χ3n) is 4.62. The Morgan fingerprint density at radius 3 is 2.80 bits per heavy atom. The van der Waals surface area contributed by atoms with Crippen LogP contribution in [0, 0.1) is 29.1 Å². The topological polar surface area (TPSA) is 73.1 Å². The van der Waals surface area contributed by atoms with Gasteiger partial charge in [-0.05, 0) is 65.2 Å². The van der Waals surface area contributed by atoms with Gasteiger partial charge in [-0.2, -0.15) is 5.26 Å². The second-order valence-corrected chi connectivity index (χ2v) is 6.53. The third kappa shape index (κ3) is 2.18. The number of rotatable bonds is 3. The van der Waals surface area contributed by atoms with Crippen LogP contribution < -0.4 is 5.32 Å². The van der Waals surface area contributed by atoms with E-state index in [1.165, 1.54) is 0 Å². The SMILES string of the molecule is N#Cc1ccc(NC2C3CCC(C3)C2C(=O)O)c(Br)c1.